The Morgan fingerprint density at radius 2 is 2.26 bits per heavy atom. The molecular formula is C16H25N3. The molecule has 0 saturated heterocycles. The Morgan fingerprint density at radius 1 is 1.47 bits per heavy atom. The van der Waals surface area contributed by atoms with E-state index in [0.717, 1.165) is 37.4 Å². The van der Waals surface area contributed by atoms with Crippen LogP contribution in [0.2, 0.25) is 0 Å². The number of anilines is 1. The van der Waals surface area contributed by atoms with E-state index >= 15 is 0 Å². The summed E-state index contributed by atoms with van der Waals surface area (Å²) in [6.45, 7) is 10.0. The van der Waals surface area contributed by atoms with E-state index in [2.05, 4.69) is 48.0 Å². The summed E-state index contributed by atoms with van der Waals surface area (Å²) in [6, 6.07) is 4.15. The zero-order chi connectivity index (χ0) is 14.1. The molecule has 0 aliphatic heterocycles. The Labute approximate surface area is 117 Å². The Bertz CT molecular complexity index is 407. The van der Waals surface area contributed by atoms with Crippen LogP contribution in [0.5, 0.6) is 0 Å². The number of pyridine rings is 1. The maximum Gasteiger partial charge on any atom is 0.0791 e. The molecule has 0 aliphatic rings. The first-order valence-corrected chi connectivity index (χ1v) is 7.01. The fourth-order valence-electron chi connectivity index (χ4n) is 1.93. The molecule has 1 heterocycles. The zero-order valence-electron chi connectivity index (χ0n) is 12.3. The van der Waals surface area contributed by atoms with Crippen LogP contribution in [0.1, 0.15) is 32.9 Å². The highest BCUT2D eigenvalue weighted by Crippen LogP contribution is 2.14. The van der Waals surface area contributed by atoms with Crippen LogP contribution in [0, 0.1) is 18.3 Å². The van der Waals surface area contributed by atoms with Crippen molar-refractivity contribution in [2.45, 2.75) is 33.7 Å². The van der Waals surface area contributed by atoms with Gasteiger partial charge in [0.25, 0.3) is 0 Å². The highest BCUT2D eigenvalue weighted by atomic mass is 15.1. The van der Waals surface area contributed by atoms with Crippen LogP contribution in [-0.2, 0) is 6.54 Å². The molecule has 0 atom stereocenters. The molecule has 1 N–H and O–H groups in total. The molecule has 1 aromatic heterocycles. The van der Waals surface area contributed by atoms with Gasteiger partial charge < -0.3 is 10.2 Å². The first kappa shape index (κ1) is 15.5. The summed E-state index contributed by atoms with van der Waals surface area (Å²) >= 11 is 0. The van der Waals surface area contributed by atoms with Crippen LogP contribution < -0.4 is 10.2 Å². The third-order valence-corrected chi connectivity index (χ3v) is 2.80. The highest BCUT2D eigenvalue weighted by Gasteiger charge is 2.05. The van der Waals surface area contributed by atoms with Gasteiger partial charge in [-0.1, -0.05) is 26.7 Å². The van der Waals surface area contributed by atoms with Crippen molar-refractivity contribution < 1.29 is 0 Å². The zero-order valence-corrected chi connectivity index (χ0v) is 12.3. The van der Waals surface area contributed by atoms with E-state index < -0.39 is 0 Å². The number of terminal acetylenes is 1. The van der Waals surface area contributed by atoms with Gasteiger partial charge in [0.15, 0.2) is 0 Å². The van der Waals surface area contributed by atoms with Gasteiger partial charge in [-0.3, -0.25) is 4.98 Å². The second-order valence-corrected chi connectivity index (χ2v) is 5.16. The molecule has 1 aromatic rings. The van der Waals surface area contributed by atoms with E-state index in [4.69, 9.17) is 6.42 Å². The normalized spacial score (nSPS) is 10.5. The lowest BCUT2D eigenvalue weighted by molar-refractivity contribution is 0.548. The largest absolute Gasteiger partial charge is 0.360 e. The predicted octanol–water partition coefficient (Wildman–Crippen LogP) is 2.68. The van der Waals surface area contributed by atoms with Crippen molar-refractivity contribution in [2.75, 3.05) is 24.5 Å². The Hall–Kier alpha value is -1.53. The average molecular weight is 259 g/mol. The fraction of sp³-hybridized carbons (Fsp3) is 0.562. The second-order valence-electron chi connectivity index (χ2n) is 5.16. The third kappa shape index (κ3) is 5.76. The van der Waals surface area contributed by atoms with Crippen molar-refractivity contribution in [3.8, 4) is 12.3 Å². The molecule has 3 heteroatoms. The lowest BCUT2D eigenvalue weighted by Gasteiger charge is -2.22. The van der Waals surface area contributed by atoms with Crippen LogP contribution in [0.4, 0.5) is 5.69 Å². The molecule has 0 radical (unpaired) electrons. The topological polar surface area (TPSA) is 28.2 Å². The molecule has 19 heavy (non-hydrogen) atoms. The monoisotopic (exact) mass is 259 g/mol. The van der Waals surface area contributed by atoms with Gasteiger partial charge in [0.05, 0.1) is 12.2 Å². The van der Waals surface area contributed by atoms with Gasteiger partial charge in [-0.05, 0) is 31.0 Å². The van der Waals surface area contributed by atoms with Gasteiger partial charge in [0.2, 0.25) is 0 Å². The number of rotatable bonds is 8. The summed E-state index contributed by atoms with van der Waals surface area (Å²) in [7, 11) is 0. The van der Waals surface area contributed by atoms with Gasteiger partial charge in [-0.15, -0.1) is 6.42 Å². The van der Waals surface area contributed by atoms with Crippen LogP contribution in [0.25, 0.3) is 0 Å². The SMILES string of the molecule is C#CCN(CCC)c1ccnc(CNCC(C)C)c1. The summed E-state index contributed by atoms with van der Waals surface area (Å²) in [5.74, 6) is 3.37. The number of aromatic nitrogens is 1. The van der Waals surface area contributed by atoms with Crippen molar-refractivity contribution in [1.82, 2.24) is 10.3 Å². The molecule has 0 unspecified atom stereocenters. The van der Waals surface area contributed by atoms with E-state index in [1.54, 1.807) is 0 Å². The van der Waals surface area contributed by atoms with Crippen LogP contribution in [-0.4, -0.2) is 24.6 Å². The van der Waals surface area contributed by atoms with E-state index in [9.17, 15) is 0 Å². The van der Waals surface area contributed by atoms with E-state index in [-0.39, 0.29) is 0 Å². The van der Waals surface area contributed by atoms with Crippen molar-refractivity contribution >= 4 is 5.69 Å². The summed E-state index contributed by atoms with van der Waals surface area (Å²) in [5.41, 5.74) is 2.23. The third-order valence-electron chi connectivity index (χ3n) is 2.80. The molecule has 0 amide bonds. The van der Waals surface area contributed by atoms with Crippen LogP contribution in [0.3, 0.4) is 0 Å². The summed E-state index contributed by atoms with van der Waals surface area (Å²) < 4.78 is 0. The minimum atomic E-state index is 0.650. The molecule has 0 bridgehead atoms. The van der Waals surface area contributed by atoms with Gasteiger partial charge in [-0.25, -0.2) is 0 Å². The second kappa shape index (κ2) is 8.55. The lowest BCUT2D eigenvalue weighted by Crippen LogP contribution is -2.25. The van der Waals surface area contributed by atoms with Crippen molar-refractivity contribution in [3.05, 3.63) is 24.0 Å². The predicted molar refractivity (Wildman–Crippen MR) is 82.1 cm³/mol. The number of hydrogen-bond acceptors (Lipinski definition) is 3. The maximum absolute atomic E-state index is 5.43. The van der Waals surface area contributed by atoms with Gasteiger partial charge in [0, 0.05) is 25.0 Å². The summed E-state index contributed by atoms with van der Waals surface area (Å²) in [4.78, 5) is 6.61. The van der Waals surface area contributed by atoms with Crippen LogP contribution >= 0.6 is 0 Å². The fourth-order valence-corrected chi connectivity index (χ4v) is 1.93. The molecule has 0 fully saturated rings. The quantitative estimate of drug-likeness (QED) is 0.728. The molecule has 0 spiro atoms. The van der Waals surface area contributed by atoms with Crippen molar-refractivity contribution in [2.24, 2.45) is 5.92 Å². The number of nitrogens with one attached hydrogen (secondary N) is 1. The molecule has 1 rings (SSSR count). The van der Waals surface area contributed by atoms with Crippen molar-refractivity contribution in [3.63, 3.8) is 0 Å². The number of nitrogens with zero attached hydrogens (tertiary/aromatic N) is 2. The standard InChI is InChI=1S/C16H25N3/c1-5-9-19(10-6-2)16-7-8-18-15(11-16)13-17-12-14(3)4/h1,7-8,11,14,17H,6,9-10,12-13H2,2-4H3. The first-order valence-electron chi connectivity index (χ1n) is 7.01. The minimum absolute atomic E-state index is 0.650. The molecule has 104 valence electrons. The first-order chi connectivity index (χ1) is 9.17. The van der Waals surface area contributed by atoms with Gasteiger partial charge in [-0.2, -0.15) is 0 Å². The van der Waals surface area contributed by atoms with E-state index in [1.807, 2.05) is 12.3 Å². The Kier molecular flexibility index (Phi) is 6.99. The summed E-state index contributed by atoms with van der Waals surface area (Å²) in [5, 5.41) is 3.41. The maximum atomic E-state index is 5.43. The summed E-state index contributed by atoms with van der Waals surface area (Å²) in [6.07, 6.45) is 8.38. The molecular weight excluding hydrogens is 234 g/mol. The molecule has 3 nitrogen and oxygen atoms in total. The van der Waals surface area contributed by atoms with Gasteiger partial charge in [0.1, 0.15) is 0 Å². The smallest absolute Gasteiger partial charge is 0.0791 e. The van der Waals surface area contributed by atoms with Crippen LogP contribution in [0.15, 0.2) is 18.3 Å². The van der Waals surface area contributed by atoms with Crippen molar-refractivity contribution in [1.29, 1.82) is 0 Å². The molecule has 0 aliphatic carbocycles. The molecule has 0 saturated carbocycles. The van der Waals surface area contributed by atoms with E-state index in [0.29, 0.717) is 12.5 Å². The average Bonchev–Trinajstić information content (AvgIpc) is 2.38. The highest BCUT2D eigenvalue weighted by molar-refractivity contribution is 5.47. The minimum Gasteiger partial charge on any atom is -0.360 e. The number of hydrogen-bond donors (Lipinski definition) is 1. The Balaban J connectivity index is 2.66. The molecule has 0 aromatic carbocycles. The lowest BCUT2D eigenvalue weighted by atomic mass is 10.2. The van der Waals surface area contributed by atoms with Gasteiger partial charge >= 0.3 is 0 Å². The Morgan fingerprint density at radius 3 is 2.89 bits per heavy atom. The van der Waals surface area contributed by atoms with E-state index in [1.165, 1.54) is 0 Å².